The van der Waals surface area contributed by atoms with E-state index in [4.69, 9.17) is 15.6 Å². The fourth-order valence-electron chi connectivity index (χ4n) is 3.29. The summed E-state index contributed by atoms with van der Waals surface area (Å²) in [6.45, 7) is 1.68. The molecule has 3 N–H and O–H groups in total. The number of primary amides is 1. The standard InChI is InChI=1S/C14H18FN3O3/c15-11-4-17-12(3-9(11)6-19)18-5-10-7-21-2-1-14(10,8-18)13(16)20/h3-4,10,19H,1-2,5-8H2,(H2,16,20)/t10-,14+/m1/s1. The number of hydrogen-bond acceptors (Lipinski definition) is 5. The average Bonchev–Trinajstić information content (AvgIpc) is 2.88. The van der Waals surface area contributed by atoms with E-state index in [0.29, 0.717) is 38.5 Å². The Hall–Kier alpha value is -1.73. The summed E-state index contributed by atoms with van der Waals surface area (Å²) < 4.78 is 18.9. The lowest BCUT2D eigenvalue weighted by Crippen LogP contribution is -2.48. The van der Waals surface area contributed by atoms with E-state index in [1.165, 1.54) is 6.07 Å². The zero-order valence-corrected chi connectivity index (χ0v) is 11.6. The molecule has 2 saturated heterocycles. The van der Waals surface area contributed by atoms with E-state index >= 15 is 0 Å². The summed E-state index contributed by atoms with van der Waals surface area (Å²) in [5.41, 5.74) is 5.21. The molecule has 3 rings (SSSR count). The van der Waals surface area contributed by atoms with Gasteiger partial charge in [-0.3, -0.25) is 4.79 Å². The predicted molar refractivity (Wildman–Crippen MR) is 72.9 cm³/mol. The lowest BCUT2D eigenvalue weighted by Gasteiger charge is -2.35. The zero-order valence-electron chi connectivity index (χ0n) is 11.6. The third-order valence-corrected chi connectivity index (χ3v) is 4.61. The molecule has 2 aliphatic heterocycles. The summed E-state index contributed by atoms with van der Waals surface area (Å²) in [5.74, 6) is -0.280. The lowest BCUT2D eigenvalue weighted by atomic mass is 9.74. The second-order valence-electron chi connectivity index (χ2n) is 5.71. The van der Waals surface area contributed by atoms with Crippen molar-refractivity contribution in [3.63, 3.8) is 0 Å². The minimum absolute atomic E-state index is 0.0215. The van der Waals surface area contributed by atoms with Crippen molar-refractivity contribution in [1.82, 2.24) is 4.98 Å². The van der Waals surface area contributed by atoms with Crippen molar-refractivity contribution >= 4 is 11.7 Å². The number of amides is 1. The Morgan fingerprint density at radius 1 is 1.67 bits per heavy atom. The Balaban J connectivity index is 1.90. The Kier molecular flexibility index (Phi) is 3.54. The molecule has 6 nitrogen and oxygen atoms in total. The van der Waals surface area contributed by atoms with Crippen molar-refractivity contribution in [2.75, 3.05) is 31.2 Å². The highest BCUT2D eigenvalue weighted by atomic mass is 19.1. The van der Waals surface area contributed by atoms with Gasteiger partial charge in [0.05, 0.1) is 24.8 Å². The van der Waals surface area contributed by atoms with Crippen molar-refractivity contribution in [2.45, 2.75) is 13.0 Å². The molecular weight excluding hydrogens is 277 g/mol. The molecule has 2 atom stereocenters. The molecule has 0 saturated carbocycles. The van der Waals surface area contributed by atoms with Gasteiger partial charge in [0, 0.05) is 31.2 Å². The molecular formula is C14H18FN3O3. The van der Waals surface area contributed by atoms with E-state index in [2.05, 4.69) is 4.98 Å². The Morgan fingerprint density at radius 3 is 3.14 bits per heavy atom. The van der Waals surface area contributed by atoms with Crippen LogP contribution in [0, 0.1) is 17.2 Å². The summed E-state index contributed by atoms with van der Waals surface area (Å²) in [6.07, 6.45) is 1.69. The number of fused-ring (bicyclic) bond motifs is 1. The number of pyridine rings is 1. The van der Waals surface area contributed by atoms with E-state index in [-0.39, 0.29) is 24.0 Å². The van der Waals surface area contributed by atoms with Crippen LogP contribution >= 0.6 is 0 Å². The van der Waals surface area contributed by atoms with Crippen LogP contribution in [0.4, 0.5) is 10.2 Å². The van der Waals surface area contributed by atoms with Crippen LogP contribution in [0.15, 0.2) is 12.3 Å². The van der Waals surface area contributed by atoms with E-state index < -0.39 is 11.2 Å². The molecule has 0 radical (unpaired) electrons. The van der Waals surface area contributed by atoms with Crippen molar-refractivity contribution < 1.29 is 19.0 Å². The maximum atomic E-state index is 13.4. The number of carbonyl (C=O) groups excluding carboxylic acids is 1. The van der Waals surface area contributed by atoms with Crippen LogP contribution in [0.25, 0.3) is 0 Å². The topological polar surface area (TPSA) is 88.7 Å². The molecule has 1 aromatic rings. The summed E-state index contributed by atoms with van der Waals surface area (Å²) in [5, 5.41) is 9.15. The summed E-state index contributed by atoms with van der Waals surface area (Å²) in [4.78, 5) is 17.9. The van der Waals surface area contributed by atoms with Gasteiger partial charge in [0.25, 0.3) is 0 Å². The molecule has 7 heteroatoms. The molecule has 0 bridgehead atoms. The molecule has 0 aromatic carbocycles. The van der Waals surface area contributed by atoms with Crippen LogP contribution in [0.2, 0.25) is 0 Å². The van der Waals surface area contributed by atoms with E-state index in [1.807, 2.05) is 4.90 Å². The van der Waals surface area contributed by atoms with Crippen LogP contribution in [-0.2, 0) is 16.1 Å². The maximum absolute atomic E-state index is 13.4. The second kappa shape index (κ2) is 5.23. The molecule has 2 aliphatic rings. The first-order valence-corrected chi connectivity index (χ1v) is 6.95. The number of carbonyl (C=O) groups is 1. The Labute approximate surface area is 121 Å². The van der Waals surface area contributed by atoms with Gasteiger partial charge in [-0.15, -0.1) is 0 Å². The van der Waals surface area contributed by atoms with Gasteiger partial charge in [-0.25, -0.2) is 9.37 Å². The van der Waals surface area contributed by atoms with E-state index in [0.717, 1.165) is 6.20 Å². The number of halogens is 1. The number of ether oxygens (including phenoxy) is 1. The molecule has 0 aliphatic carbocycles. The monoisotopic (exact) mass is 295 g/mol. The maximum Gasteiger partial charge on any atom is 0.225 e. The first-order chi connectivity index (χ1) is 10.1. The van der Waals surface area contributed by atoms with Crippen molar-refractivity contribution in [3.8, 4) is 0 Å². The number of nitrogens with zero attached hydrogens (tertiary/aromatic N) is 2. The smallest absolute Gasteiger partial charge is 0.225 e. The molecule has 0 spiro atoms. The van der Waals surface area contributed by atoms with Crippen molar-refractivity contribution in [3.05, 3.63) is 23.6 Å². The SMILES string of the molecule is NC(=O)[C@]12CCOC[C@H]1CN(c1cc(CO)c(F)cn1)C2. The lowest BCUT2D eigenvalue weighted by molar-refractivity contribution is -0.135. The third kappa shape index (κ3) is 2.26. The zero-order chi connectivity index (χ0) is 15.0. The normalized spacial score (nSPS) is 28.5. The quantitative estimate of drug-likeness (QED) is 0.822. The summed E-state index contributed by atoms with van der Waals surface area (Å²) >= 11 is 0. The van der Waals surface area contributed by atoms with Gasteiger partial charge in [0.15, 0.2) is 0 Å². The van der Waals surface area contributed by atoms with Gasteiger partial charge in [0.1, 0.15) is 11.6 Å². The number of aliphatic hydroxyl groups excluding tert-OH is 1. The first kappa shape index (κ1) is 14.2. The molecule has 1 aromatic heterocycles. The fourth-order valence-corrected chi connectivity index (χ4v) is 3.29. The van der Waals surface area contributed by atoms with Crippen molar-refractivity contribution in [1.29, 1.82) is 0 Å². The molecule has 2 fully saturated rings. The third-order valence-electron chi connectivity index (χ3n) is 4.61. The minimum atomic E-state index is -0.603. The first-order valence-electron chi connectivity index (χ1n) is 6.95. The average molecular weight is 295 g/mol. The van der Waals surface area contributed by atoms with E-state index in [1.54, 1.807) is 0 Å². The molecule has 0 unspecified atom stereocenters. The number of aliphatic hydroxyl groups is 1. The molecule has 114 valence electrons. The fraction of sp³-hybridized carbons (Fsp3) is 0.571. The highest BCUT2D eigenvalue weighted by Gasteiger charge is 2.52. The number of nitrogens with two attached hydrogens (primary N) is 1. The van der Waals surface area contributed by atoms with Gasteiger partial charge in [-0.2, -0.15) is 0 Å². The summed E-state index contributed by atoms with van der Waals surface area (Å²) in [6, 6.07) is 1.52. The minimum Gasteiger partial charge on any atom is -0.392 e. The highest BCUT2D eigenvalue weighted by molar-refractivity contribution is 5.83. The number of aromatic nitrogens is 1. The molecule has 3 heterocycles. The Bertz CT molecular complexity index is 568. The van der Waals surface area contributed by atoms with Gasteiger partial charge in [-0.05, 0) is 12.5 Å². The second-order valence-corrected chi connectivity index (χ2v) is 5.71. The number of rotatable bonds is 3. The van der Waals surface area contributed by atoms with Gasteiger partial charge >= 0.3 is 0 Å². The van der Waals surface area contributed by atoms with E-state index in [9.17, 15) is 9.18 Å². The predicted octanol–water partition coefficient (Wildman–Crippen LogP) is 0.0412. The largest absolute Gasteiger partial charge is 0.392 e. The van der Waals surface area contributed by atoms with Gasteiger partial charge in [-0.1, -0.05) is 0 Å². The van der Waals surface area contributed by atoms with Crippen LogP contribution < -0.4 is 10.6 Å². The number of anilines is 1. The van der Waals surface area contributed by atoms with Crippen LogP contribution in [-0.4, -0.2) is 42.3 Å². The molecule has 1 amide bonds. The van der Waals surface area contributed by atoms with Crippen LogP contribution in [0.3, 0.4) is 0 Å². The highest BCUT2D eigenvalue weighted by Crippen LogP contribution is 2.43. The van der Waals surface area contributed by atoms with Crippen LogP contribution in [0.1, 0.15) is 12.0 Å². The van der Waals surface area contributed by atoms with Crippen molar-refractivity contribution in [2.24, 2.45) is 17.1 Å². The van der Waals surface area contributed by atoms with Gasteiger partial charge in [0.2, 0.25) is 5.91 Å². The van der Waals surface area contributed by atoms with Gasteiger partial charge < -0.3 is 20.5 Å². The molecule has 21 heavy (non-hydrogen) atoms. The summed E-state index contributed by atoms with van der Waals surface area (Å²) in [7, 11) is 0. The Morgan fingerprint density at radius 2 is 2.48 bits per heavy atom. The van der Waals surface area contributed by atoms with Crippen LogP contribution in [0.5, 0.6) is 0 Å². The number of hydrogen-bond donors (Lipinski definition) is 2.